The summed E-state index contributed by atoms with van der Waals surface area (Å²) in [4.78, 5) is 0. The Balaban J connectivity index is 2.49. The molecule has 0 unspecified atom stereocenters. The maximum absolute atomic E-state index is 5.55. The van der Waals surface area contributed by atoms with Crippen LogP contribution in [0.2, 0.25) is 0 Å². The van der Waals surface area contributed by atoms with Crippen LogP contribution >= 0.6 is 63.7 Å². The van der Waals surface area contributed by atoms with E-state index in [0.717, 1.165) is 11.1 Å². The van der Waals surface area contributed by atoms with Crippen LogP contribution in [-0.4, -0.2) is 47.5 Å². The summed E-state index contributed by atoms with van der Waals surface area (Å²) in [5, 5.41) is 0.661. The van der Waals surface area contributed by atoms with Crippen LogP contribution < -0.4 is 0 Å². The van der Waals surface area contributed by atoms with Crippen molar-refractivity contribution in [3.63, 3.8) is 0 Å². The van der Waals surface area contributed by atoms with Gasteiger partial charge in [-0.15, -0.1) is 0 Å². The maximum atomic E-state index is 5.55. The Morgan fingerprint density at radius 1 is 0.815 bits per heavy atom. The minimum absolute atomic E-state index is 0.457. The van der Waals surface area contributed by atoms with Gasteiger partial charge >= 0.3 is 0 Å². The van der Waals surface area contributed by atoms with Gasteiger partial charge in [0, 0.05) is 46.6 Å². The Labute approximate surface area is 194 Å². The second kappa shape index (κ2) is 9.25. The van der Waals surface area contributed by atoms with Gasteiger partial charge < -0.3 is 18.9 Å². The molecule has 2 aliphatic carbocycles. The molecule has 0 heterocycles. The van der Waals surface area contributed by atoms with E-state index in [1.807, 2.05) is 12.2 Å². The fraction of sp³-hybridized carbons (Fsp3) is 0.579. The largest absolute Gasteiger partial charge is 0.349 e. The standard InChI is InChI=1S/C19H24Br4O4/c1-24-16(25-2)9-5-14(6-10-16)18(13-20,19(21,22)23)15-7-11-17(26-3,27-4)12-8-15/h5-9,11H,10,12-13H2,1-4H3. The van der Waals surface area contributed by atoms with Gasteiger partial charge in [0.05, 0.1) is 5.41 Å². The maximum Gasteiger partial charge on any atom is 0.190 e. The molecule has 0 aromatic carbocycles. The molecule has 2 rings (SSSR count). The molecular weight excluding hydrogens is 612 g/mol. The summed E-state index contributed by atoms with van der Waals surface area (Å²) in [6.07, 6.45) is 13.5. The van der Waals surface area contributed by atoms with Crippen LogP contribution in [0.1, 0.15) is 12.8 Å². The molecule has 0 aliphatic heterocycles. The SMILES string of the molecule is COC1(OC)C=CC(C(CBr)(C2=CCC(OC)(OC)C=C2)C(Br)(Br)Br)=CC1. The van der Waals surface area contributed by atoms with Gasteiger partial charge in [0.25, 0.3) is 0 Å². The number of hydrogen-bond acceptors (Lipinski definition) is 4. The fourth-order valence-electron chi connectivity index (χ4n) is 3.34. The summed E-state index contributed by atoms with van der Waals surface area (Å²) in [5.74, 6) is -1.46. The number of alkyl halides is 4. The van der Waals surface area contributed by atoms with E-state index in [9.17, 15) is 0 Å². The molecule has 0 fully saturated rings. The van der Waals surface area contributed by atoms with E-state index in [4.69, 9.17) is 18.9 Å². The van der Waals surface area contributed by atoms with Gasteiger partial charge in [0.2, 0.25) is 0 Å². The first-order chi connectivity index (χ1) is 12.7. The predicted molar refractivity (Wildman–Crippen MR) is 123 cm³/mol. The van der Waals surface area contributed by atoms with Crippen LogP contribution in [0.4, 0.5) is 0 Å². The molecule has 0 saturated heterocycles. The summed E-state index contributed by atoms with van der Waals surface area (Å²) in [6, 6.07) is 0. The first-order valence-electron chi connectivity index (χ1n) is 8.31. The highest BCUT2D eigenvalue weighted by molar-refractivity contribution is 9.39. The molecule has 0 spiro atoms. The molecule has 2 aliphatic rings. The van der Waals surface area contributed by atoms with Crippen molar-refractivity contribution < 1.29 is 18.9 Å². The van der Waals surface area contributed by atoms with Gasteiger partial charge in [0.1, 0.15) is 2.14 Å². The molecule has 8 heteroatoms. The van der Waals surface area contributed by atoms with Gasteiger partial charge in [-0.2, -0.15) is 0 Å². The van der Waals surface area contributed by atoms with Crippen LogP contribution in [0.3, 0.4) is 0 Å². The third-order valence-corrected chi connectivity index (χ3v) is 8.17. The Morgan fingerprint density at radius 3 is 1.37 bits per heavy atom. The monoisotopic (exact) mass is 632 g/mol. The van der Waals surface area contributed by atoms with Crippen molar-refractivity contribution in [1.82, 2.24) is 0 Å². The van der Waals surface area contributed by atoms with Crippen molar-refractivity contribution in [3.05, 3.63) is 47.6 Å². The summed E-state index contributed by atoms with van der Waals surface area (Å²) < 4.78 is 21.6. The lowest BCUT2D eigenvalue weighted by molar-refractivity contribution is -0.168. The summed E-state index contributed by atoms with van der Waals surface area (Å²) in [5.41, 5.74) is 1.78. The lowest BCUT2D eigenvalue weighted by Gasteiger charge is -2.45. The minimum Gasteiger partial charge on any atom is -0.349 e. The van der Waals surface area contributed by atoms with Gasteiger partial charge in [-0.25, -0.2) is 0 Å². The van der Waals surface area contributed by atoms with Crippen LogP contribution in [0, 0.1) is 5.41 Å². The average molecular weight is 636 g/mol. The highest BCUT2D eigenvalue weighted by Gasteiger charge is 2.52. The number of rotatable bonds is 7. The molecule has 27 heavy (non-hydrogen) atoms. The number of hydrogen-bond donors (Lipinski definition) is 0. The highest BCUT2D eigenvalue weighted by atomic mass is 80.0. The molecular formula is C19H24Br4O4. The molecule has 0 aromatic heterocycles. The molecule has 152 valence electrons. The first kappa shape index (κ1) is 24.0. The van der Waals surface area contributed by atoms with Crippen molar-refractivity contribution in [2.24, 2.45) is 5.41 Å². The molecule has 0 saturated carbocycles. The van der Waals surface area contributed by atoms with Gasteiger partial charge in [-0.3, -0.25) is 0 Å². The zero-order chi connectivity index (χ0) is 20.3. The van der Waals surface area contributed by atoms with Crippen molar-refractivity contribution in [2.75, 3.05) is 33.8 Å². The van der Waals surface area contributed by atoms with E-state index in [2.05, 4.69) is 88.0 Å². The lowest BCUT2D eigenvalue weighted by atomic mass is 9.72. The predicted octanol–water partition coefficient (Wildman–Crippen LogP) is 5.96. The summed E-state index contributed by atoms with van der Waals surface area (Å²) >= 11 is 15.1. The van der Waals surface area contributed by atoms with Crippen molar-refractivity contribution in [2.45, 2.75) is 26.6 Å². The van der Waals surface area contributed by atoms with E-state index in [0.29, 0.717) is 18.2 Å². The number of halogens is 4. The highest BCUT2D eigenvalue weighted by Crippen LogP contribution is 2.60. The third-order valence-electron chi connectivity index (χ3n) is 5.30. The molecule has 0 radical (unpaired) electrons. The van der Waals surface area contributed by atoms with Crippen molar-refractivity contribution in [3.8, 4) is 0 Å². The number of ether oxygens (including phenoxy) is 4. The van der Waals surface area contributed by atoms with Gasteiger partial charge in [-0.1, -0.05) is 88.0 Å². The first-order valence-corrected chi connectivity index (χ1v) is 11.8. The molecule has 0 atom stereocenters. The van der Waals surface area contributed by atoms with E-state index in [1.165, 1.54) is 0 Å². The zero-order valence-corrected chi connectivity index (χ0v) is 22.1. The van der Waals surface area contributed by atoms with E-state index >= 15 is 0 Å². The Bertz CT molecular complexity index is 607. The summed E-state index contributed by atoms with van der Waals surface area (Å²) in [7, 11) is 6.59. The topological polar surface area (TPSA) is 36.9 Å². The van der Waals surface area contributed by atoms with Gasteiger partial charge in [0.15, 0.2) is 11.6 Å². The Morgan fingerprint density at radius 2 is 1.19 bits per heavy atom. The molecule has 0 bridgehead atoms. The van der Waals surface area contributed by atoms with E-state index in [-0.39, 0.29) is 0 Å². The average Bonchev–Trinajstić information content (AvgIpc) is 2.69. The second-order valence-electron chi connectivity index (χ2n) is 6.37. The smallest absolute Gasteiger partial charge is 0.190 e. The van der Waals surface area contributed by atoms with E-state index < -0.39 is 19.1 Å². The van der Waals surface area contributed by atoms with Crippen molar-refractivity contribution in [1.29, 1.82) is 0 Å². The quantitative estimate of drug-likeness (QED) is 0.256. The molecule has 0 amide bonds. The van der Waals surface area contributed by atoms with E-state index in [1.54, 1.807) is 28.4 Å². The lowest BCUT2D eigenvalue weighted by Crippen LogP contribution is -2.43. The number of methoxy groups -OCH3 is 4. The van der Waals surface area contributed by atoms with Crippen LogP contribution in [0.15, 0.2) is 47.6 Å². The fourth-order valence-corrected chi connectivity index (χ4v) is 7.33. The summed E-state index contributed by atoms with van der Waals surface area (Å²) in [6.45, 7) is 0. The van der Waals surface area contributed by atoms with Crippen LogP contribution in [-0.2, 0) is 18.9 Å². The minimum atomic E-state index is -0.729. The third kappa shape index (κ3) is 4.43. The van der Waals surface area contributed by atoms with Crippen molar-refractivity contribution >= 4 is 63.7 Å². The number of allylic oxidation sites excluding steroid dienone is 4. The van der Waals surface area contributed by atoms with Crippen LogP contribution in [0.5, 0.6) is 0 Å². The second-order valence-corrected chi connectivity index (χ2v) is 13.7. The molecule has 4 nitrogen and oxygen atoms in total. The molecule has 0 N–H and O–H groups in total. The normalized spacial score (nSPS) is 21.8. The Kier molecular flexibility index (Phi) is 8.22. The Hall–Kier alpha value is 0.720. The van der Waals surface area contributed by atoms with Gasteiger partial charge in [-0.05, 0) is 23.3 Å². The molecule has 0 aromatic rings. The van der Waals surface area contributed by atoms with Crippen LogP contribution in [0.25, 0.3) is 0 Å². The zero-order valence-electron chi connectivity index (χ0n) is 15.7.